The Labute approximate surface area is 193 Å². The first-order valence-electron chi connectivity index (χ1n) is 10.9. The van der Waals surface area contributed by atoms with Crippen LogP contribution in [0.15, 0.2) is 79.0 Å². The Morgan fingerprint density at radius 3 is 2.56 bits per heavy atom. The van der Waals surface area contributed by atoms with Crippen molar-refractivity contribution in [3.05, 3.63) is 95.1 Å². The highest BCUT2D eigenvalue weighted by Gasteiger charge is 2.22. The van der Waals surface area contributed by atoms with Crippen molar-refractivity contribution in [1.29, 1.82) is 0 Å². The molecule has 0 aliphatic heterocycles. The summed E-state index contributed by atoms with van der Waals surface area (Å²) in [6.07, 6.45) is 2.37. The van der Waals surface area contributed by atoms with Gasteiger partial charge in [0.1, 0.15) is 11.5 Å². The molecule has 0 fully saturated rings. The molecule has 2 N–H and O–H groups in total. The molecule has 4 nitrogen and oxygen atoms in total. The molecule has 0 aliphatic rings. The number of nitrogens with one attached hydrogen (secondary N) is 2. The van der Waals surface area contributed by atoms with Gasteiger partial charge in [-0.2, -0.15) is 0 Å². The highest BCUT2D eigenvalue weighted by molar-refractivity contribution is 6.30. The first kappa shape index (κ1) is 22.0. The van der Waals surface area contributed by atoms with Crippen LogP contribution in [-0.2, 0) is 4.79 Å². The number of H-pyrrole nitrogens is 1. The lowest BCUT2D eigenvalue weighted by Gasteiger charge is -2.19. The van der Waals surface area contributed by atoms with Gasteiger partial charge in [-0.05, 0) is 59.5 Å². The molecule has 0 spiro atoms. The molecule has 0 bridgehead atoms. The van der Waals surface area contributed by atoms with E-state index >= 15 is 0 Å². The summed E-state index contributed by atoms with van der Waals surface area (Å²) in [6, 6.07) is 23.4. The summed E-state index contributed by atoms with van der Waals surface area (Å²) in [5.41, 5.74) is 3.19. The Morgan fingerprint density at radius 2 is 1.78 bits per heavy atom. The minimum Gasteiger partial charge on any atom is -0.457 e. The number of ether oxygens (including phenoxy) is 1. The Hall–Kier alpha value is -3.24. The zero-order valence-electron chi connectivity index (χ0n) is 18.3. The van der Waals surface area contributed by atoms with E-state index in [0.29, 0.717) is 29.7 Å². The SMILES string of the molecule is CC(C)CNC(=O)C[C@H](c1cccc(Oc2ccc(Cl)cc2)c1)c1c[nH]c2ccccc12. The zero-order chi connectivity index (χ0) is 22.5. The third-order valence-electron chi connectivity index (χ3n) is 5.40. The van der Waals surface area contributed by atoms with Crippen molar-refractivity contribution >= 4 is 28.4 Å². The van der Waals surface area contributed by atoms with Gasteiger partial charge in [0.25, 0.3) is 0 Å². The van der Waals surface area contributed by atoms with E-state index in [-0.39, 0.29) is 11.8 Å². The van der Waals surface area contributed by atoms with E-state index in [9.17, 15) is 4.79 Å². The van der Waals surface area contributed by atoms with Crippen molar-refractivity contribution in [1.82, 2.24) is 10.3 Å². The smallest absolute Gasteiger partial charge is 0.220 e. The minimum atomic E-state index is -0.105. The molecule has 0 saturated heterocycles. The number of fused-ring (bicyclic) bond motifs is 1. The minimum absolute atomic E-state index is 0.0398. The fourth-order valence-electron chi connectivity index (χ4n) is 3.80. The molecule has 0 saturated carbocycles. The topological polar surface area (TPSA) is 54.1 Å². The second-order valence-corrected chi connectivity index (χ2v) is 8.81. The molecule has 4 aromatic rings. The van der Waals surface area contributed by atoms with E-state index in [1.54, 1.807) is 12.1 Å². The van der Waals surface area contributed by atoms with Gasteiger partial charge in [0.05, 0.1) is 0 Å². The molecule has 1 heterocycles. The van der Waals surface area contributed by atoms with Crippen LogP contribution in [0.1, 0.15) is 37.3 Å². The predicted molar refractivity (Wildman–Crippen MR) is 131 cm³/mol. The molecule has 1 amide bonds. The van der Waals surface area contributed by atoms with E-state index in [2.05, 4.69) is 42.3 Å². The Balaban J connectivity index is 1.66. The molecule has 5 heteroatoms. The molecule has 4 rings (SSSR count). The number of amides is 1. The van der Waals surface area contributed by atoms with E-state index < -0.39 is 0 Å². The number of aromatic amines is 1. The maximum atomic E-state index is 12.8. The quantitative estimate of drug-likeness (QED) is 0.309. The fourth-order valence-corrected chi connectivity index (χ4v) is 3.92. The molecule has 0 aliphatic carbocycles. The van der Waals surface area contributed by atoms with Crippen molar-refractivity contribution < 1.29 is 9.53 Å². The second kappa shape index (κ2) is 9.92. The Bertz CT molecular complexity index is 1200. The van der Waals surface area contributed by atoms with Gasteiger partial charge in [0, 0.05) is 41.0 Å². The number of para-hydroxylation sites is 1. The summed E-state index contributed by atoms with van der Waals surface area (Å²) in [4.78, 5) is 16.2. The van der Waals surface area contributed by atoms with Crippen LogP contribution >= 0.6 is 11.6 Å². The summed E-state index contributed by atoms with van der Waals surface area (Å²) in [5, 5.41) is 4.85. The summed E-state index contributed by atoms with van der Waals surface area (Å²) >= 11 is 5.98. The predicted octanol–water partition coefficient (Wildman–Crippen LogP) is 6.91. The average molecular weight is 447 g/mol. The largest absolute Gasteiger partial charge is 0.457 e. The number of rotatable bonds is 8. The average Bonchev–Trinajstić information content (AvgIpc) is 3.22. The second-order valence-electron chi connectivity index (χ2n) is 8.37. The first-order valence-corrected chi connectivity index (χ1v) is 11.2. The first-order chi connectivity index (χ1) is 15.5. The van der Waals surface area contributed by atoms with E-state index in [1.165, 1.54) is 0 Å². The van der Waals surface area contributed by atoms with Gasteiger partial charge in [-0.3, -0.25) is 4.79 Å². The maximum absolute atomic E-state index is 12.8. The zero-order valence-corrected chi connectivity index (χ0v) is 19.0. The third kappa shape index (κ3) is 5.32. The molecule has 164 valence electrons. The molecule has 1 aromatic heterocycles. The van der Waals surface area contributed by atoms with Crippen molar-refractivity contribution in [3.8, 4) is 11.5 Å². The molecule has 1 atom stereocenters. The number of carbonyl (C=O) groups excluding carboxylic acids is 1. The van der Waals surface area contributed by atoms with E-state index in [1.807, 2.05) is 48.7 Å². The molecule has 0 radical (unpaired) electrons. The molecular weight excluding hydrogens is 420 g/mol. The molecular formula is C27H27ClN2O2. The fraction of sp³-hybridized carbons (Fsp3) is 0.222. The highest BCUT2D eigenvalue weighted by Crippen LogP contribution is 2.35. The van der Waals surface area contributed by atoms with Gasteiger partial charge >= 0.3 is 0 Å². The molecule has 32 heavy (non-hydrogen) atoms. The standard InChI is InChI=1S/C27H27ClN2O2/c1-18(2)16-30-27(31)15-24(25-17-29-26-9-4-3-8-23(25)26)19-6-5-7-22(14-19)32-21-12-10-20(28)11-13-21/h3-14,17-18,24,29H,15-16H2,1-2H3,(H,30,31)/t24-/m1/s1. The van der Waals surface area contributed by atoms with E-state index in [4.69, 9.17) is 16.3 Å². The highest BCUT2D eigenvalue weighted by atomic mass is 35.5. The summed E-state index contributed by atoms with van der Waals surface area (Å²) < 4.78 is 6.05. The lowest BCUT2D eigenvalue weighted by atomic mass is 9.88. The molecule has 3 aromatic carbocycles. The van der Waals surface area contributed by atoms with E-state index in [0.717, 1.165) is 27.8 Å². The van der Waals surface area contributed by atoms with Gasteiger partial charge in [-0.1, -0.05) is 55.8 Å². The number of hydrogen-bond acceptors (Lipinski definition) is 2. The van der Waals surface area contributed by atoms with Gasteiger partial charge in [0.15, 0.2) is 0 Å². The number of benzene rings is 3. The summed E-state index contributed by atoms with van der Waals surface area (Å²) in [5.74, 6) is 1.77. The third-order valence-corrected chi connectivity index (χ3v) is 5.66. The Kier molecular flexibility index (Phi) is 6.81. The maximum Gasteiger partial charge on any atom is 0.220 e. The Morgan fingerprint density at radius 1 is 1.00 bits per heavy atom. The number of hydrogen-bond donors (Lipinski definition) is 2. The van der Waals surface area contributed by atoms with Crippen LogP contribution in [0.3, 0.4) is 0 Å². The number of halogens is 1. The van der Waals surface area contributed by atoms with Gasteiger partial charge < -0.3 is 15.0 Å². The van der Waals surface area contributed by atoms with Crippen LogP contribution in [-0.4, -0.2) is 17.4 Å². The monoisotopic (exact) mass is 446 g/mol. The summed E-state index contributed by atoms with van der Waals surface area (Å²) in [6.45, 7) is 4.85. The normalized spacial score (nSPS) is 12.1. The van der Waals surface area contributed by atoms with Crippen LogP contribution < -0.4 is 10.1 Å². The molecule has 0 unspecified atom stereocenters. The number of aromatic nitrogens is 1. The van der Waals surface area contributed by atoms with Crippen LogP contribution in [0.4, 0.5) is 0 Å². The van der Waals surface area contributed by atoms with Crippen LogP contribution in [0.2, 0.25) is 5.02 Å². The van der Waals surface area contributed by atoms with Crippen molar-refractivity contribution in [2.24, 2.45) is 5.92 Å². The van der Waals surface area contributed by atoms with Gasteiger partial charge in [-0.25, -0.2) is 0 Å². The summed E-state index contributed by atoms with van der Waals surface area (Å²) in [7, 11) is 0. The lowest BCUT2D eigenvalue weighted by molar-refractivity contribution is -0.121. The number of carbonyl (C=O) groups is 1. The van der Waals surface area contributed by atoms with Crippen LogP contribution in [0.5, 0.6) is 11.5 Å². The van der Waals surface area contributed by atoms with Gasteiger partial charge in [0.2, 0.25) is 5.91 Å². The van der Waals surface area contributed by atoms with Crippen LogP contribution in [0, 0.1) is 5.92 Å². The van der Waals surface area contributed by atoms with Gasteiger partial charge in [-0.15, -0.1) is 0 Å². The van der Waals surface area contributed by atoms with Crippen molar-refractivity contribution in [2.45, 2.75) is 26.2 Å². The van der Waals surface area contributed by atoms with Crippen molar-refractivity contribution in [3.63, 3.8) is 0 Å². The van der Waals surface area contributed by atoms with Crippen LogP contribution in [0.25, 0.3) is 10.9 Å². The lowest BCUT2D eigenvalue weighted by Crippen LogP contribution is -2.28. The van der Waals surface area contributed by atoms with Crippen molar-refractivity contribution in [2.75, 3.05) is 6.54 Å².